The summed E-state index contributed by atoms with van der Waals surface area (Å²) in [4.78, 5) is 4.52. The van der Waals surface area contributed by atoms with Crippen molar-refractivity contribution in [3.05, 3.63) is 60.2 Å². The van der Waals surface area contributed by atoms with Crippen LogP contribution in [0.2, 0.25) is 0 Å². The summed E-state index contributed by atoms with van der Waals surface area (Å²) in [6.07, 6.45) is 8.03. The first-order valence-electron chi connectivity index (χ1n) is 9.98. The van der Waals surface area contributed by atoms with Crippen molar-refractivity contribution in [1.82, 2.24) is 19.2 Å². The van der Waals surface area contributed by atoms with Gasteiger partial charge in [-0.25, -0.2) is 4.98 Å². The van der Waals surface area contributed by atoms with Crippen LogP contribution in [-0.2, 0) is 24.3 Å². The van der Waals surface area contributed by atoms with Gasteiger partial charge in [0.2, 0.25) is 0 Å². The Bertz CT molecular complexity index is 1190. The lowest BCUT2D eigenvalue weighted by Crippen LogP contribution is -2.16. The maximum Gasteiger partial charge on any atom is 0.160 e. The third-order valence-electron chi connectivity index (χ3n) is 5.55. The molecule has 0 unspecified atom stereocenters. The summed E-state index contributed by atoms with van der Waals surface area (Å²) in [6.45, 7) is 2.90. The Morgan fingerprint density at radius 2 is 2.07 bits per heavy atom. The summed E-state index contributed by atoms with van der Waals surface area (Å²) >= 11 is 0. The summed E-state index contributed by atoms with van der Waals surface area (Å²) in [6, 6.07) is 10.6. The molecule has 1 N–H and O–H groups in total. The van der Waals surface area contributed by atoms with E-state index in [0.717, 1.165) is 60.2 Å². The maximum atomic E-state index is 5.77. The van der Waals surface area contributed by atoms with Gasteiger partial charge in [0.05, 0.1) is 37.7 Å². The number of hydrogen-bond acceptors (Lipinski definition) is 5. The largest absolute Gasteiger partial charge is 0.493 e. The summed E-state index contributed by atoms with van der Waals surface area (Å²) in [7, 11) is 0. The molecule has 0 spiro atoms. The molecule has 2 aliphatic heterocycles. The number of pyridine rings is 1. The molecule has 0 amide bonds. The molecule has 4 aromatic rings. The Hall–Kier alpha value is -3.32. The quantitative estimate of drug-likeness (QED) is 0.579. The Morgan fingerprint density at radius 1 is 1.07 bits per heavy atom. The molecule has 6 rings (SSSR count). The van der Waals surface area contributed by atoms with Gasteiger partial charge in [-0.3, -0.25) is 4.68 Å². The average molecular weight is 387 g/mol. The molecular weight excluding hydrogens is 366 g/mol. The number of nitrogens with one attached hydrogen (secondary N) is 1. The van der Waals surface area contributed by atoms with Crippen molar-refractivity contribution < 1.29 is 9.47 Å². The molecule has 7 heteroatoms. The molecule has 1 aromatic carbocycles. The van der Waals surface area contributed by atoms with Crippen LogP contribution in [0.15, 0.2) is 48.9 Å². The van der Waals surface area contributed by atoms with E-state index in [1.165, 1.54) is 11.1 Å². The van der Waals surface area contributed by atoms with E-state index in [1.807, 2.05) is 27.5 Å². The first-order chi connectivity index (χ1) is 14.3. The van der Waals surface area contributed by atoms with Crippen molar-refractivity contribution in [2.24, 2.45) is 0 Å². The number of benzene rings is 1. The average Bonchev–Trinajstić information content (AvgIpc) is 3.39. The number of imidazole rings is 1. The fraction of sp³-hybridized carbons (Fsp3) is 0.273. The van der Waals surface area contributed by atoms with Crippen LogP contribution in [0, 0.1) is 0 Å². The van der Waals surface area contributed by atoms with E-state index in [-0.39, 0.29) is 0 Å². The minimum Gasteiger partial charge on any atom is -0.493 e. The van der Waals surface area contributed by atoms with Gasteiger partial charge in [0.15, 0.2) is 11.5 Å². The molecule has 2 aliphatic rings. The highest BCUT2D eigenvalue weighted by Crippen LogP contribution is 2.33. The summed E-state index contributed by atoms with van der Waals surface area (Å²) in [5.41, 5.74) is 6.46. The molecule has 0 aliphatic carbocycles. The van der Waals surface area contributed by atoms with Crippen molar-refractivity contribution in [2.45, 2.75) is 26.0 Å². The highest BCUT2D eigenvalue weighted by atomic mass is 16.5. The molecule has 146 valence electrons. The highest BCUT2D eigenvalue weighted by molar-refractivity contribution is 5.79. The Balaban J connectivity index is 1.41. The fourth-order valence-corrected chi connectivity index (χ4v) is 4.11. The number of rotatable bonds is 3. The van der Waals surface area contributed by atoms with Gasteiger partial charge in [0.1, 0.15) is 5.75 Å². The maximum absolute atomic E-state index is 5.77. The lowest BCUT2D eigenvalue weighted by atomic mass is 9.99. The van der Waals surface area contributed by atoms with Crippen LogP contribution in [-0.4, -0.2) is 32.4 Å². The van der Waals surface area contributed by atoms with E-state index in [1.54, 1.807) is 0 Å². The predicted molar refractivity (Wildman–Crippen MR) is 110 cm³/mol. The van der Waals surface area contributed by atoms with Crippen molar-refractivity contribution in [3.8, 4) is 16.9 Å². The Kier molecular flexibility index (Phi) is 3.80. The molecule has 7 nitrogen and oxygen atoms in total. The lowest BCUT2D eigenvalue weighted by molar-refractivity contribution is 0.0801. The monoisotopic (exact) mass is 387 g/mol. The van der Waals surface area contributed by atoms with Gasteiger partial charge in [-0.15, -0.1) is 0 Å². The van der Waals surface area contributed by atoms with Crippen molar-refractivity contribution in [2.75, 3.05) is 18.5 Å². The van der Waals surface area contributed by atoms with Crippen molar-refractivity contribution in [1.29, 1.82) is 0 Å². The summed E-state index contributed by atoms with van der Waals surface area (Å²) in [5.74, 6) is 1.82. The first kappa shape index (κ1) is 16.6. The highest BCUT2D eigenvalue weighted by Gasteiger charge is 2.16. The molecular formula is C22H21N5O2. The second kappa shape index (κ2) is 6.63. The van der Waals surface area contributed by atoms with Crippen LogP contribution in [0.25, 0.3) is 16.8 Å². The normalized spacial score (nSPS) is 15.6. The number of nitrogens with zero attached hydrogens (tertiary/aromatic N) is 4. The second-order valence-electron chi connectivity index (χ2n) is 7.50. The van der Waals surface area contributed by atoms with Crippen LogP contribution in [0.1, 0.15) is 17.7 Å². The standard InChI is InChI=1S/C22H21N5O2/c1-2-16-10-15(3-4-20(16)29-8-1)17-11-19(22-23-5-6-26(22)13-17)24-21-12-18-14-28-9-7-27(18)25-21/h3-6,10-13H,1-2,7-9,14H2,(H,24,25). The fourth-order valence-electron chi connectivity index (χ4n) is 4.11. The van der Waals surface area contributed by atoms with Gasteiger partial charge in [0.25, 0.3) is 0 Å². The third-order valence-corrected chi connectivity index (χ3v) is 5.55. The SMILES string of the molecule is c1cn2cc(-c3ccc4c(c3)CCCO4)cc(Nc3cc4n(n3)CCOC4)c2n1. The number of aromatic nitrogens is 4. The van der Waals surface area contributed by atoms with Crippen LogP contribution in [0.5, 0.6) is 5.75 Å². The summed E-state index contributed by atoms with van der Waals surface area (Å²) in [5, 5.41) is 8.14. The molecule has 29 heavy (non-hydrogen) atoms. The van der Waals surface area contributed by atoms with Gasteiger partial charge in [-0.1, -0.05) is 6.07 Å². The second-order valence-corrected chi connectivity index (χ2v) is 7.50. The van der Waals surface area contributed by atoms with E-state index < -0.39 is 0 Å². The van der Waals surface area contributed by atoms with Gasteiger partial charge in [-0.2, -0.15) is 5.10 Å². The van der Waals surface area contributed by atoms with Gasteiger partial charge >= 0.3 is 0 Å². The third kappa shape index (κ3) is 2.94. The predicted octanol–water partition coefficient (Wildman–Crippen LogP) is 3.80. The number of ether oxygens (including phenoxy) is 2. The number of aryl methyl sites for hydroxylation is 1. The minimum absolute atomic E-state index is 0.602. The minimum atomic E-state index is 0.602. The molecule has 0 fully saturated rings. The van der Waals surface area contributed by atoms with Crippen LogP contribution in [0.3, 0.4) is 0 Å². The van der Waals surface area contributed by atoms with Crippen LogP contribution < -0.4 is 10.1 Å². The zero-order chi connectivity index (χ0) is 19.2. The Morgan fingerprint density at radius 3 is 3.03 bits per heavy atom. The molecule has 0 bridgehead atoms. The van der Waals surface area contributed by atoms with E-state index in [9.17, 15) is 0 Å². The van der Waals surface area contributed by atoms with Gasteiger partial charge < -0.3 is 19.2 Å². The Labute approximate surface area is 167 Å². The van der Waals surface area contributed by atoms with E-state index >= 15 is 0 Å². The van der Waals surface area contributed by atoms with Crippen LogP contribution in [0.4, 0.5) is 11.5 Å². The van der Waals surface area contributed by atoms with E-state index in [4.69, 9.17) is 9.47 Å². The van der Waals surface area contributed by atoms with Gasteiger partial charge in [0, 0.05) is 30.2 Å². The van der Waals surface area contributed by atoms with Crippen molar-refractivity contribution >= 4 is 17.2 Å². The first-order valence-corrected chi connectivity index (χ1v) is 9.98. The topological polar surface area (TPSA) is 65.6 Å². The number of anilines is 2. The molecule has 0 saturated heterocycles. The van der Waals surface area contributed by atoms with Crippen LogP contribution >= 0.6 is 0 Å². The number of hydrogen-bond donors (Lipinski definition) is 1. The molecule has 0 saturated carbocycles. The van der Waals surface area contributed by atoms with Crippen molar-refractivity contribution in [3.63, 3.8) is 0 Å². The molecule has 0 atom stereocenters. The van der Waals surface area contributed by atoms with E-state index in [2.05, 4.69) is 45.9 Å². The molecule has 3 aromatic heterocycles. The molecule has 5 heterocycles. The molecule has 0 radical (unpaired) electrons. The smallest absolute Gasteiger partial charge is 0.160 e. The zero-order valence-corrected chi connectivity index (χ0v) is 16.0. The van der Waals surface area contributed by atoms with Gasteiger partial charge in [-0.05, 0) is 42.2 Å². The summed E-state index contributed by atoms with van der Waals surface area (Å²) < 4.78 is 15.3. The van der Waals surface area contributed by atoms with E-state index in [0.29, 0.717) is 13.2 Å². The number of fused-ring (bicyclic) bond motifs is 3. The zero-order valence-electron chi connectivity index (χ0n) is 16.0. The lowest BCUT2D eigenvalue weighted by Gasteiger charge is -2.18.